The predicted octanol–water partition coefficient (Wildman–Crippen LogP) is 12.1. The summed E-state index contributed by atoms with van der Waals surface area (Å²) < 4.78 is 182. The number of ether oxygens (including phenoxy) is 1. The van der Waals surface area contributed by atoms with Crippen molar-refractivity contribution in [1.82, 2.24) is 4.90 Å². The van der Waals surface area contributed by atoms with Crippen LogP contribution in [0.2, 0.25) is 0 Å². The molecule has 21 heteroatoms. The number of hydrogen-bond donors (Lipinski definition) is 2. The molecule has 2 N–H and O–H groups in total. The Hall–Kier alpha value is -5.96. The third kappa shape index (κ3) is 7.68. The molecule has 0 saturated carbocycles. The zero-order valence-corrected chi connectivity index (χ0v) is 37.3. The summed E-state index contributed by atoms with van der Waals surface area (Å²) in [4.78, 5) is 55.4. The van der Waals surface area contributed by atoms with Gasteiger partial charge in [-0.15, -0.1) is 0 Å². The number of halogens is 12. The Bertz CT molecular complexity index is 2740. The van der Waals surface area contributed by atoms with Crippen LogP contribution in [0.1, 0.15) is 130 Å². The second-order valence-electron chi connectivity index (χ2n) is 17.7. The third-order valence-electron chi connectivity index (χ3n) is 13.3. The molecular formula is C47H42F12N2O7. The van der Waals surface area contributed by atoms with Crippen molar-refractivity contribution in [3.63, 3.8) is 0 Å². The number of benzene rings is 4. The van der Waals surface area contributed by atoms with Crippen molar-refractivity contribution >= 4 is 29.3 Å². The van der Waals surface area contributed by atoms with Crippen molar-refractivity contribution in [2.75, 3.05) is 4.90 Å². The Balaban J connectivity index is 1.54. The smallest absolute Gasteiger partial charge is 0.430 e. The molecule has 0 atom stereocenters. The van der Waals surface area contributed by atoms with E-state index < -0.39 is 121 Å². The summed E-state index contributed by atoms with van der Waals surface area (Å²) in [5.74, 6) is -4.61. The van der Waals surface area contributed by atoms with Crippen molar-refractivity contribution in [2.45, 2.75) is 122 Å². The van der Waals surface area contributed by atoms with Crippen LogP contribution in [0.25, 0.3) is 11.1 Å². The normalized spacial score (nSPS) is 15.4. The second kappa shape index (κ2) is 16.3. The molecule has 2 aliphatic rings. The number of imide groups is 2. The maximum atomic E-state index is 14.9. The first kappa shape index (κ1) is 51.4. The third-order valence-corrected chi connectivity index (χ3v) is 13.3. The summed E-state index contributed by atoms with van der Waals surface area (Å²) in [6.07, 6.45) is -26.2. The van der Waals surface area contributed by atoms with Crippen LogP contribution in [0, 0.1) is 13.8 Å². The van der Waals surface area contributed by atoms with Gasteiger partial charge in [-0.05, 0) is 135 Å². The molecule has 0 aromatic heterocycles. The number of nitrogens with zero attached hydrogens (tertiary/aromatic N) is 2. The highest BCUT2D eigenvalue weighted by Crippen LogP contribution is 2.57. The van der Waals surface area contributed by atoms with Gasteiger partial charge in [-0.25, -0.2) is 4.90 Å². The summed E-state index contributed by atoms with van der Waals surface area (Å²) in [7, 11) is 0. The molecule has 2 aliphatic heterocycles. The largest absolute Gasteiger partial charge is 0.457 e. The molecule has 366 valence electrons. The van der Waals surface area contributed by atoms with Gasteiger partial charge in [-0.2, -0.15) is 52.7 Å². The van der Waals surface area contributed by atoms with E-state index in [1.54, 1.807) is 20.8 Å². The summed E-state index contributed by atoms with van der Waals surface area (Å²) in [5, 5.41) is 21.7. The van der Waals surface area contributed by atoms with Crippen LogP contribution in [0.15, 0.2) is 60.7 Å². The Labute approximate surface area is 380 Å². The molecule has 0 bridgehead atoms. The minimum Gasteiger partial charge on any atom is -0.457 e. The number of amides is 4. The van der Waals surface area contributed by atoms with Crippen LogP contribution in [0.5, 0.6) is 11.5 Å². The first-order valence-corrected chi connectivity index (χ1v) is 20.7. The van der Waals surface area contributed by atoms with Crippen molar-refractivity contribution in [2.24, 2.45) is 0 Å². The number of hydrogen-bond acceptors (Lipinski definition) is 7. The zero-order chi connectivity index (χ0) is 51.4. The lowest BCUT2D eigenvalue weighted by Crippen LogP contribution is -2.55. The topological polar surface area (TPSA) is 124 Å². The minimum atomic E-state index is -6.72. The van der Waals surface area contributed by atoms with Gasteiger partial charge in [0.2, 0.25) is 0 Å². The summed E-state index contributed by atoms with van der Waals surface area (Å²) in [5.41, 5.74) is -24.1. The standard InChI is InChI=1S/C47H42F12N2O7/c1-9-40(6,7)61-38(64)27-15-13-25(19-31(27)39(61)65)68-24-12-14-26-30(18-24)37(63)60(36(26)62)35-17-23(5)29(21-34(35)43(67,46(54,55)56)47(57,58)59)28-20-33(42(66,44(48,49)50)45(51,52)53)32(16-22(28)4)41(8,10-2)11-3/h12-21,66-67H,9-11H2,1-8H3. The van der Waals surface area contributed by atoms with E-state index in [4.69, 9.17) is 4.74 Å². The molecule has 0 saturated heterocycles. The second-order valence-corrected chi connectivity index (χ2v) is 17.7. The van der Waals surface area contributed by atoms with E-state index in [2.05, 4.69) is 0 Å². The molecule has 0 fully saturated rings. The van der Waals surface area contributed by atoms with E-state index in [9.17, 15) is 82.1 Å². The predicted molar refractivity (Wildman–Crippen MR) is 220 cm³/mol. The maximum absolute atomic E-state index is 14.9. The van der Waals surface area contributed by atoms with Gasteiger partial charge in [0.05, 0.1) is 27.9 Å². The molecule has 6 rings (SSSR count). The average Bonchev–Trinajstić information content (AvgIpc) is 3.64. The summed E-state index contributed by atoms with van der Waals surface area (Å²) in [6.45, 7) is 11.3. The summed E-state index contributed by atoms with van der Waals surface area (Å²) >= 11 is 0. The highest BCUT2D eigenvalue weighted by Gasteiger charge is 2.74. The van der Waals surface area contributed by atoms with Gasteiger partial charge < -0.3 is 14.9 Å². The van der Waals surface area contributed by atoms with Crippen LogP contribution in [-0.4, -0.2) is 69.0 Å². The molecule has 4 aromatic rings. The number of carbonyl (C=O) groups excluding carboxylic acids is 4. The number of carbonyl (C=O) groups is 4. The Kier molecular flexibility index (Phi) is 12.4. The Morgan fingerprint density at radius 2 is 0.853 bits per heavy atom. The number of aliphatic hydroxyl groups is 2. The fraction of sp³-hybridized carbons (Fsp3) is 0.404. The molecule has 0 aliphatic carbocycles. The first-order chi connectivity index (χ1) is 31.0. The van der Waals surface area contributed by atoms with Gasteiger partial charge in [-0.1, -0.05) is 33.8 Å². The van der Waals surface area contributed by atoms with Crippen LogP contribution in [0.3, 0.4) is 0 Å². The molecule has 4 aromatic carbocycles. The lowest BCUT2D eigenvalue weighted by Gasteiger charge is -2.39. The Morgan fingerprint density at radius 3 is 1.29 bits per heavy atom. The van der Waals surface area contributed by atoms with Gasteiger partial charge in [0.15, 0.2) is 0 Å². The van der Waals surface area contributed by atoms with E-state index >= 15 is 0 Å². The van der Waals surface area contributed by atoms with Gasteiger partial charge >= 0.3 is 24.7 Å². The van der Waals surface area contributed by atoms with Gasteiger partial charge in [0.1, 0.15) is 11.5 Å². The number of alkyl halides is 12. The van der Waals surface area contributed by atoms with Crippen LogP contribution < -0.4 is 9.64 Å². The minimum absolute atomic E-state index is 0.0305. The number of aryl methyl sites for hydroxylation is 2. The van der Waals surface area contributed by atoms with E-state index in [1.165, 1.54) is 39.0 Å². The van der Waals surface area contributed by atoms with E-state index in [1.807, 2.05) is 0 Å². The van der Waals surface area contributed by atoms with Crippen molar-refractivity contribution in [3.8, 4) is 22.6 Å². The molecule has 2 heterocycles. The molecule has 0 unspecified atom stereocenters. The van der Waals surface area contributed by atoms with Crippen LogP contribution in [-0.2, 0) is 16.6 Å². The van der Waals surface area contributed by atoms with E-state index in [0.717, 1.165) is 43.0 Å². The molecule has 0 spiro atoms. The number of rotatable bonds is 11. The SMILES string of the molecule is CCC(C)(CC)c1cc(C)c(-c2cc(C(O)(C(F)(F)F)C(F)(F)F)c(N3C(=O)c4ccc(Oc5ccc6c(c5)C(=O)N(C(C)(C)CC)C6=O)cc4C3=O)cc2C)cc1C(O)(C(F)(F)F)C(F)(F)F. The van der Waals surface area contributed by atoms with Crippen LogP contribution >= 0.6 is 0 Å². The fourth-order valence-electron chi connectivity index (χ4n) is 8.45. The summed E-state index contributed by atoms with van der Waals surface area (Å²) in [6, 6.07) is 8.09. The van der Waals surface area contributed by atoms with E-state index in [0.29, 0.717) is 12.5 Å². The van der Waals surface area contributed by atoms with Crippen molar-refractivity contribution in [1.29, 1.82) is 0 Å². The molecular weight excluding hydrogens is 932 g/mol. The molecule has 9 nitrogen and oxygen atoms in total. The quantitative estimate of drug-likeness (QED) is 0.113. The van der Waals surface area contributed by atoms with Gasteiger partial charge in [-0.3, -0.25) is 24.1 Å². The van der Waals surface area contributed by atoms with Crippen molar-refractivity contribution in [3.05, 3.63) is 111 Å². The van der Waals surface area contributed by atoms with Gasteiger partial charge in [0.25, 0.3) is 34.8 Å². The molecule has 68 heavy (non-hydrogen) atoms. The highest BCUT2D eigenvalue weighted by molar-refractivity contribution is 6.35. The van der Waals surface area contributed by atoms with Crippen molar-refractivity contribution < 1.29 is 86.8 Å². The molecule has 0 radical (unpaired) electrons. The molecule has 4 amide bonds. The first-order valence-electron chi connectivity index (χ1n) is 20.7. The van der Waals surface area contributed by atoms with E-state index in [-0.39, 0.29) is 58.1 Å². The lowest BCUT2D eigenvalue weighted by molar-refractivity contribution is -0.376. The number of anilines is 1. The Morgan fingerprint density at radius 1 is 0.471 bits per heavy atom. The maximum Gasteiger partial charge on any atom is 0.430 e. The highest BCUT2D eigenvalue weighted by atomic mass is 19.4. The lowest BCUT2D eigenvalue weighted by atomic mass is 9.70. The van der Waals surface area contributed by atoms with Crippen LogP contribution in [0.4, 0.5) is 58.4 Å². The van der Waals surface area contributed by atoms with Gasteiger partial charge in [0, 0.05) is 16.7 Å². The fourth-order valence-corrected chi connectivity index (χ4v) is 8.45. The zero-order valence-electron chi connectivity index (χ0n) is 37.3. The average molecular weight is 975 g/mol. The number of fused-ring (bicyclic) bond motifs is 2. The monoisotopic (exact) mass is 974 g/mol.